The Morgan fingerprint density at radius 1 is 1.25 bits per heavy atom. The van der Waals surface area contributed by atoms with Crippen LogP contribution >= 0.6 is 0 Å². The van der Waals surface area contributed by atoms with Crippen molar-refractivity contribution >= 4 is 0 Å². The van der Waals surface area contributed by atoms with Crippen molar-refractivity contribution in [3.05, 3.63) is 29.3 Å². The third kappa shape index (κ3) is 3.22. The molecule has 3 nitrogen and oxygen atoms in total. The van der Waals surface area contributed by atoms with Gasteiger partial charge in [-0.25, -0.2) is 0 Å². The standard InChI is InChI=1S/C13H21NO2/c1-8-5-6-13(12(7-8)9(2)14)16-11(4)10(3)15/h5-7,9-11,15H,14H2,1-4H3/t9-,10?,11?/m0/s1. The first-order valence-electron chi connectivity index (χ1n) is 5.62. The van der Waals surface area contributed by atoms with Gasteiger partial charge in [0.15, 0.2) is 0 Å². The van der Waals surface area contributed by atoms with E-state index in [1.54, 1.807) is 6.92 Å². The Hall–Kier alpha value is -1.06. The zero-order valence-corrected chi connectivity index (χ0v) is 10.4. The lowest BCUT2D eigenvalue weighted by molar-refractivity contribution is 0.0596. The summed E-state index contributed by atoms with van der Waals surface area (Å²) in [5.74, 6) is 0.758. The van der Waals surface area contributed by atoms with Gasteiger partial charge >= 0.3 is 0 Å². The summed E-state index contributed by atoms with van der Waals surface area (Å²) >= 11 is 0. The zero-order chi connectivity index (χ0) is 12.3. The molecule has 0 saturated carbocycles. The number of aliphatic hydroxyl groups excluding tert-OH is 1. The van der Waals surface area contributed by atoms with Gasteiger partial charge in [-0.15, -0.1) is 0 Å². The molecule has 3 atom stereocenters. The van der Waals surface area contributed by atoms with E-state index in [4.69, 9.17) is 10.5 Å². The summed E-state index contributed by atoms with van der Waals surface area (Å²) in [6, 6.07) is 5.84. The van der Waals surface area contributed by atoms with Crippen LogP contribution < -0.4 is 10.5 Å². The Labute approximate surface area is 97.2 Å². The molecule has 90 valence electrons. The third-order valence-electron chi connectivity index (χ3n) is 2.65. The Morgan fingerprint density at radius 2 is 1.88 bits per heavy atom. The number of hydrogen-bond acceptors (Lipinski definition) is 3. The predicted molar refractivity (Wildman–Crippen MR) is 65.6 cm³/mol. The van der Waals surface area contributed by atoms with Crippen LogP contribution in [-0.4, -0.2) is 17.3 Å². The van der Waals surface area contributed by atoms with Gasteiger partial charge in [-0.2, -0.15) is 0 Å². The summed E-state index contributed by atoms with van der Waals surface area (Å²) in [6.45, 7) is 7.50. The Balaban J connectivity index is 2.95. The largest absolute Gasteiger partial charge is 0.488 e. The second-order valence-electron chi connectivity index (χ2n) is 4.39. The molecule has 0 aliphatic carbocycles. The highest BCUT2D eigenvalue weighted by Crippen LogP contribution is 2.26. The van der Waals surface area contributed by atoms with Crippen LogP contribution in [0.2, 0.25) is 0 Å². The number of nitrogens with two attached hydrogens (primary N) is 1. The van der Waals surface area contributed by atoms with Gasteiger partial charge in [-0.3, -0.25) is 0 Å². The summed E-state index contributed by atoms with van der Waals surface area (Å²) in [5.41, 5.74) is 8.03. The van der Waals surface area contributed by atoms with Gasteiger partial charge < -0.3 is 15.6 Å². The average Bonchev–Trinajstić information content (AvgIpc) is 2.20. The number of hydrogen-bond donors (Lipinski definition) is 2. The van der Waals surface area contributed by atoms with Crippen LogP contribution in [0.15, 0.2) is 18.2 Å². The highest BCUT2D eigenvalue weighted by atomic mass is 16.5. The van der Waals surface area contributed by atoms with E-state index in [1.165, 1.54) is 0 Å². The molecule has 0 aliphatic rings. The van der Waals surface area contributed by atoms with Crippen LogP contribution in [0.4, 0.5) is 0 Å². The van der Waals surface area contributed by atoms with E-state index >= 15 is 0 Å². The van der Waals surface area contributed by atoms with Crippen LogP contribution in [-0.2, 0) is 0 Å². The summed E-state index contributed by atoms with van der Waals surface area (Å²) in [5, 5.41) is 9.41. The summed E-state index contributed by atoms with van der Waals surface area (Å²) in [4.78, 5) is 0. The fourth-order valence-corrected chi connectivity index (χ4v) is 1.43. The molecule has 0 heterocycles. The number of aliphatic hydroxyl groups is 1. The van der Waals surface area contributed by atoms with Gasteiger partial charge in [-0.05, 0) is 33.8 Å². The minimum absolute atomic E-state index is 0.0731. The molecule has 3 heteroatoms. The fraction of sp³-hybridized carbons (Fsp3) is 0.538. The molecule has 0 radical (unpaired) electrons. The molecular weight excluding hydrogens is 202 g/mol. The first-order valence-corrected chi connectivity index (χ1v) is 5.62. The molecule has 0 fully saturated rings. The topological polar surface area (TPSA) is 55.5 Å². The first kappa shape index (κ1) is 13.0. The number of aryl methyl sites for hydroxylation is 1. The molecule has 1 rings (SSSR count). The molecule has 0 spiro atoms. The number of ether oxygens (including phenoxy) is 1. The van der Waals surface area contributed by atoms with Crippen LogP contribution in [0.25, 0.3) is 0 Å². The van der Waals surface area contributed by atoms with E-state index in [9.17, 15) is 5.11 Å². The number of rotatable bonds is 4. The molecule has 0 aliphatic heterocycles. The highest BCUT2D eigenvalue weighted by molar-refractivity contribution is 5.38. The van der Waals surface area contributed by atoms with Crippen LogP contribution in [0.5, 0.6) is 5.75 Å². The van der Waals surface area contributed by atoms with E-state index < -0.39 is 6.10 Å². The molecule has 1 aromatic carbocycles. The minimum atomic E-state index is -0.498. The third-order valence-corrected chi connectivity index (χ3v) is 2.65. The van der Waals surface area contributed by atoms with Crippen LogP contribution in [0, 0.1) is 6.92 Å². The van der Waals surface area contributed by atoms with Crippen molar-refractivity contribution in [2.75, 3.05) is 0 Å². The maximum Gasteiger partial charge on any atom is 0.124 e. The Morgan fingerprint density at radius 3 is 2.38 bits per heavy atom. The monoisotopic (exact) mass is 223 g/mol. The lowest BCUT2D eigenvalue weighted by Gasteiger charge is -2.21. The maximum atomic E-state index is 9.41. The first-order chi connectivity index (χ1) is 7.41. The fourth-order valence-electron chi connectivity index (χ4n) is 1.43. The molecule has 0 amide bonds. The lowest BCUT2D eigenvalue weighted by Crippen LogP contribution is -2.26. The molecule has 16 heavy (non-hydrogen) atoms. The smallest absolute Gasteiger partial charge is 0.124 e. The molecule has 2 unspecified atom stereocenters. The van der Waals surface area contributed by atoms with Crippen molar-refractivity contribution in [3.63, 3.8) is 0 Å². The quantitative estimate of drug-likeness (QED) is 0.822. The van der Waals surface area contributed by atoms with Crippen molar-refractivity contribution in [1.82, 2.24) is 0 Å². The van der Waals surface area contributed by atoms with E-state index in [2.05, 4.69) is 0 Å². The maximum absolute atomic E-state index is 9.41. The van der Waals surface area contributed by atoms with Gasteiger partial charge in [0.25, 0.3) is 0 Å². The molecule has 0 bridgehead atoms. The van der Waals surface area contributed by atoms with Crippen molar-refractivity contribution in [2.24, 2.45) is 5.73 Å². The van der Waals surface area contributed by atoms with Gasteiger partial charge in [0.1, 0.15) is 11.9 Å². The molecular formula is C13H21NO2. The van der Waals surface area contributed by atoms with E-state index in [1.807, 2.05) is 39.0 Å². The summed E-state index contributed by atoms with van der Waals surface area (Å²) in [7, 11) is 0. The molecule has 1 aromatic rings. The van der Waals surface area contributed by atoms with Crippen molar-refractivity contribution in [1.29, 1.82) is 0 Å². The second-order valence-corrected chi connectivity index (χ2v) is 4.39. The van der Waals surface area contributed by atoms with E-state index in [-0.39, 0.29) is 12.1 Å². The van der Waals surface area contributed by atoms with Crippen LogP contribution in [0.3, 0.4) is 0 Å². The van der Waals surface area contributed by atoms with Gasteiger partial charge in [0, 0.05) is 11.6 Å². The van der Waals surface area contributed by atoms with Crippen molar-refractivity contribution < 1.29 is 9.84 Å². The average molecular weight is 223 g/mol. The molecule has 3 N–H and O–H groups in total. The molecule has 0 aromatic heterocycles. The molecule has 0 saturated heterocycles. The number of benzene rings is 1. The van der Waals surface area contributed by atoms with Gasteiger partial charge in [0.05, 0.1) is 6.10 Å². The normalized spacial score (nSPS) is 16.6. The Bertz CT molecular complexity index is 348. The predicted octanol–water partition coefficient (Wildman–Crippen LogP) is 2.16. The van der Waals surface area contributed by atoms with E-state index in [0.29, 0.717) is 0 Å². The van der Waals surface area contributed by atoms with Crippen LogP contribution in [0.1, 0.15) is 37.9 Å². The van der Waals surface area contributed by atoms with Crippen molar-refractivity contribution in [2.45, 2.75) is 45.9 Å². The summed E-state index contributed by atoms with van der Waals surface area (Å²) in [6.07, 6.45) is -0.734. The SMILES string of the molecule is Cc1ccc(OC(C)C(C)O)c([C@H](C)N)c1. The highest BCUT2D eigenvalue weighted by Gasteiger charge is 2.14. The Kier molecular flexibility index (Phi) is 4.33. The van der Waals surface area contributed by atoms with Gasteiger partial charge in [-0.1, -0.05) is 17.7 Å². The lowest BCUT2D eigenvalue weighted by atomic mass is 10.0. The van der Waals surface area contributed by atoms with E-state index in [0.717, 1.165) is 16.9 Å². The summed E-state index contributed by atoms with van der Waals surface area (Å²) < 4.78 is 5.69. The minimum Gasteiger partial charge on any atom is -0.488 e. The zero-order valence-electron chi connectivity index (χ0n) is 10.4. The van der Waals surface area contributed by atoms with Gasteiger partial charge in [0.2, 0.25) is 0 Å². The second kappa shape index (κ2) is 5.32. The van der Waals surface area contributed by atoms with Crippen molar-refractivity contribution in [3.8, 4) is 5.75 Å².